The molecule has 2 fully saturated rings. The summed E-state index contributed by atoms with van der Waals surface area (Å²) >= 11 is 6.16. The lowest BCUT2D eigenvalue weighted by Crippen LogP contribution is -2.50. The van der Waals surface area contributed by atoms with Crippen molar-refractivity contribution in [1.82, 2.24) is 19.0 Å². The number of carbonyl (C=O) groups excluding carboxylic acids is 1. The molecule has 0 saturated carbocycles. The number of piperazine rings is 1. The molecule has 2 aromatic rings. The maximum absolute atomic E-state index is 13.7. The summed E-state index contributed by atoms with van der Waals surface area (Å²) in [5, 5.41) is 4.34. The average molecular weight is 582 g/mol. The van der Waals surface area contributed by atoms with Crippen molar-refractivity contribution in [2.75, 3.05) is 50.8 Å². The van der Waals surface area contributed by atoms with Gasteiger partial charge in [-0.2, -0.15) is 14.1 Å². The van der Waals surface area contributed by atoms with Gasteiger partial charge >= 0.3 is 11.7 Å². The molecule has 1 aromatic heterocycles. The molecule has 0 aliphatic carbocycles. The van der Waals surface area contributed by atoms with Gasteiger partial charge in [-0.3, -0.25) is 4.79 Å². The third-order valence-electron chi connectivity index (χ3n) is 6.73. The van der Waals surface area contributed by atoms with Crippen molar-refractivity contribution in [1.29, 1.82) is 0 Å². The van der Waals surface area contributed by atoms with Crippen LogP contribution >= 0.6 is 11.6 Å². The van der Waals surface area contributed by atoms with Gasteiger partial charge in [-0.05, 0) is 38.0 Å². The summed E-state index contributed by atoms with van der Waals surface area (Å²) in [6.07, 6.45) is 1.29. The standard InChI is InChI=1S/C26H36ClN5O6S/c1-18(2)17-37-26(34)30-9-8-22(16-30)38-24-23(29-10-12-31(13-11-29)39(35,36)19(3)4)15-28-32(25(24)33)21-7-5-6-20(27)14-21/h5-7,14-15,18-19,22H,8-13,16-17H2,1-4H3. The minimum Gasteiger partial charge on any atom is -0.481 e. The second-order valence-corrected chi connectivity index (χ2v) is 13.4. The van der Waals surface area contributed by atoms with Gasteiger partial charge in [0.05, 0.1) is 30.3 Å². The SMILES string of the molecule is CC(C)COC(=O)N1CCC(Oc2c(N3CCN(S(=O)(=O)C(C)C)CC3)cnn(-c3cccc(Cl)c3)c2=O)C1. The van der Waals surface area contributed by atoms with Gasteiger partial charge in [0, 0.05) is 44.2 Å². The molecular weight excluding hydrogens is 546 g/mol. The number of benzene rings is 1. The molecule has 3 heterocycles. The van der Waals surface area contributed by atoms with Crippen LogP contribution in [0.3, 0.4) is 0 Å². The fourth-order valence-electron chi connectivity index (χ4n) is 4.52. The average Bonchev–Trinajstić information content (AvgIpc) is 3.37. The third-order valence-corrected chi connectivity index (χ3v) is 9.24. The first kappa shape index (κ1) is 29.2. The minimum absolute atomic E-state index is 0.104. The summed E-state index contributed by atoms with van der Waals surface area (Å²) < 4.78 is 39.6. The quantitative estimate of drug-likeness (QED) is 0.467. The Kier molecular flexibility index (Phi) is 9.07. The molecule has 1 amide bonds. The Bertz CT molecular complexity index is 1340. The molecule has 0 N–H and O–H groups in total. The number of amides is 1. The highest BCUT2D eigenvalue weighted by molar-refractivity contribution is 7.89. The van der Waals surface area contributed by atoms with E-state index in [0.29, 0.717) is 49.1 Å². The Balaban J connectivity index is 1.59. The second-order valence-electron chi connectivity index (χ2n) is 10.5. The van der Waals surface area contributed by atoms with Crippen LogP contribution in [-0.4, -0.2) is 90.7 Å². The van der Waals surface area contributed by atoms with Crippen molar-refractivity contribution in [2.45, 2.75) is 45.5 Å². The number of sulfonamides is 1. The van der Waals surface area contributed by atoms with Gasteiger partial charge < -0.3 is 19.3 Å². The molecule has 0 radical (unpaired) electrons. The number of likely N-dealkylation sites (tertiary alicyclic amines) is 1. The van der Waals surface area contributed by atoms with E-state index in [0.717, 1.165) is 0 Å². The number of halogens is 1. The molecule has 2 aliphatic rings. The molecule has 4 rings (SSSR count). The highest BCUT2D eigenvalue weighted by Gasteiger charge is 2.33. The number of anilines is 1. The summed E-state index contributed by atoms with van der Waals surface area (Å²) in [6, 6.07) is 6.79. The molecule has 1 unspecified atom stereocenters. The Morgan fingerprint density at radius 1 is 1.13 bits per heavy atom. The molecule has 0 spiro atoms. The predicted octanol–water partition coefficient (Wildman–Crippen LogP) is 2.99. The first-order valence-corrected chi connectivity index (χ1v) is 15.1. The van der Waals surface area contributed by atoms with Gasteiger partial charge in [-0.1, -0.05) is 31.5 Å². The molecule has 13 heteroatoms. The molecule has 0 bridgehead atoms. The van der Waals surface area contributed by atoms with Gasteiger partial charge in [0.15, 0.2) is 0 Å². The number of carbonyl (C=O) groups is 1. The van der Waals surface area contributed by atoms with Gasteiger partial charge in [0.1, 0.15) is 11.8 Å². The molecule has 1 aromatic carbocycles. The van der Waals surface area contributed by atoms with Gasteiger partial charge in [-0.25, -0.2) is 13.2 Å². The second kappa shape index (κ2) is 12.1. The molecule has 1 atom stereocenters. The zero-order valence-corrected chi connectivity index (χ0v) is 24.3. The van der Waals surface area contributed by atoms with Crippen LogP contribution in [0.1, 0.15) is 34.1 Å². The summed E-state index contributed by atoms with van der Waals surface area (Å²) in [5.74, 6) is 0.330. The van der Waals surface area contributed by atoms with Crippen molar-refractivity contribution >= 4 is 33.4 Å². The predicted molar refractivity (Wildman–Crippen MR) is 149 cm³/mol. The number of hydrogen-bond donors (Lipinski definition) is 0. The minimum atomic E-state index is -3.38. The summed E-state index contributed by atoms with van der Waals surface area (Å²) in [6.45, 7) is 9.67. The normalized spacial score (nSPS) is 18.7. The highest BCUT2D eigenvalue weighted by atomic mass is 35.5. The topological polar surface area (TPSA) is 114 Å². The van der Waals surface area contributed by atoms with Crippen molar-refractivity contribution < 1.29 is 22.7 Å². The van der Waals surface area contributed by atoms with Crippen molar-refractivity contribution in [2.24, 2.45) is 5.92 Å². The smallest absolute Gasteiger partial charge is 0.409 e. The van der Waals surface area contributed by atoms with Crippen LogP contribution < -0.4 is 15.2 Å². The van der Waals surface area contributed by atoms with E-state index in [2.05, 4.69) is 5.10 Å². The number of aromatic nitrogens is 2. The van der Waals surface area contributed by atoms with Gasteiger partial charge in [0.25, 0.3) is 0 Å². The van der Waals surface area contributed by atoms with Gasteiger partial charge in [-0.15, -0.1) is 0 Å². The summed E-state index contributed by atoms with van der Waals surface area (Å²) in [4.78, 5) is 29.7. The molecule has 11 nitrogen and oxygen atoms in total. The molecular formula is C26H36ClN5O6S. The molecule has 2 aliphatic heterocycles. The van der Waals surface area contributed by atoms with Crippen LogP contribution in [0.25, 0.3) is 5.69 Å². The molecule has 39 heavy (non-hydrogen) atoms. The van der Waals surface area contributed by atoms with Gasteiger partial charge in [0.2, 0.25) is 15.8 Å². The van der Waals surface area contributed by atoms with Crippen molar-refractivity contribution in [3.05, 3.63) is 45.8 Å². The van der Waals surface area contributed by atoms with Crippen LogP contribution in [0.2, 0.25) is 5.02 Å². The Morgan fingerprint density at radius 2 is 1.85 bits per heavy atom. The van der Waals surface area contributed by atoms with E-state index < -0.39 is 33.0 Å². The number of rotatable bonds is 8. The van der Waals surface area contributed by atoms with E-state index in [9.17, 15) is 18.0 Å². The van der Waals surface area contributed by atoms with Crippen molar-refractivity contribution in [3.63, 3.8) is 0 Å². The first-order valence-electron chi connectivity index (χ1n) is 13.2. The lowest BCUT2D eigenvalue weighted by Gasteiger charge is -2.36. The van der Waals surface area contributed by atoms with E-state index in [1.54, 1.807) is 49.2 Å². The van der Waals surface area contributed by atoms with Crippen LogP contribution in [0.5, 0.6) is 5.75 Å². The Labute approximate surface area is 234 Å². The Morgan fingerprint density at radius 3 is 2.49 bits per heavy atom. The number of ether oxygens (including phenoxy) is 2. The fourth-order valence-corrected chi connectivity index (χ4v) is 5.98. The lowest BCUT2D eigenvalue weighted by molar-refractivity contribution is 0.0948. The van der Waals surface area contributed by atoms with E-state index in [-0.39, 0.29) is 31.3 Å². The number of hydrogen-bond acceptors (Lipinski definition) is 8. The molecule has 2 saturated heterocycles. The maximum atomic E-state index is 13.7. The fraction of sp³-hybridized carbons (Fsp3) is 0.577. The largest absolute Gasteiger partial charge is 0.481 e. The zero-order valence-electron chi connectivity index (χ0n) is 22.7. The number of nitrogens with zero attached hydrogens (tertiary/aromatic N) is 5. The van der Waals surface area contributed by atoms with E-state index in [1.165, 1.54) is 8.99 Å². The van der Waals surface area contributed by atoms with Crippen LogP contribution in [-0.2, 0) is 14.8 Å². The Hall–Kier alpha value is -2.83. The molecule has 214 valence electrons. The lowest BCUT2D eigenvalue weighted by atomic mass is 10.2. The highest BCUT2D eigenvalue weighted by Crippen LogP contribution is 2.29. The zero-order chi connectivity index (χ0) is 28.3. The van der Waals surface area contributed by atoms with Crippen LogP contribution in [0.4, 0.5) is 10.5 Å². The maximum Gasteiger partial charge on any atom is 0.409 e. The van der Waals surface area contributed by atoms with Crippen molar-refractivity contribution in [3.8, 4) is 11.4 Å². The van der Waals surface area contributed by atoms with E-state index >= 15 is 0 Å². The van der Waals surface area contributed by atoms with Crippen LogP contribution in [0, 0.1) is 5.92 Å². The van der Waals surface area contributed by atoms with Crippen LogP contribution in [0.15, 0.2) is 35.3 Å². The first-order chi connectivity index (χ1) is 18.5. The van der Waals surface area contributed by atoms with E-state index in [4.69, 9.17) is 21.1 Å². The summed E-state index contributed by atoms with van der Waals surface area (Å²) in [7, 11) is -3.38. The third kappa shape index (κ3) is 6.67. The summed E-state index contributed by atoms with van der Waals surface area (Å²) in [5.41, 5.74) is 0.510. The monoisotopic (exact) mass is 581 g/mol. The van der Waals surface area contributed by atoms with E-state index in [1.807, 2.05) is 18.7 Å².